The van der Waals surface area contributed by atoms with Crippen molar-refractivity contribution in [2.75, 3.05) is 26.7 Å². The first-order valence-electron chi connectivity index (χ1n) is 6.60. The largest absolute Gasteiger partial charge is 0.381 e. The average molecular weight is 226 g/mol. The van der Waals surface area contributed by atoms with Crippen molar-refractivity contribution in [1.82, 2.24) is 10.2 Å². The highest BCUT2D eigenvalue weighted by molar-refractivity contribution is 5.05. The normalized spacial score (nSPS) is 39.4. The summed E-state index contributed by atoms with van der Waals surface area (Å²) < 4.78 is 5.55. The van der Waals surface area contributed by atoms with E-state index in [1.54, 1.807) is 0 Å². The summed E-state index contributed by atoms with van der Waals surface area (Å²) in [7, 11) is 1.84. The molecule has 0 radical (unpaired) electrons. The molecule has 2 fully saturated rings. The summed E-state index contributed by atoms with van der Waals surface area (Å²) in [5.74, 6) is 0. The summed E-state index contributed by atoms with van der Waals surface area (Å²) in [6, 6.07) is 1.43. The molecule has 3 nitrogen and oxygen atoms in total. The Hall–Kier alpha value is -0.120. The van der Waals surface area contributed by atoms with Crippen LogP contribution in [0.1, 0.15) is 33.6 Å². The Morgan fingerprint density at radius 3 is 2.75 bits per heavy atom. The predicted octanol–water partition coefficient (Wildman–Crippen LogP) is 1.48. The van der Waals surface area contributed by atoms with Crippen molar-refractivity contribution >= 4 is 0 Å². The highest BCUT2D eigenvalue weighted by Crippen LogP contribution is 2.46. The monoisotopic (exact) mass is 226 g/mol. The zero-order chi connectivity index (χ0) is 11.8. The lowest BCUT2D eigenvalue weighted by Gasteiger charge is -2.58. The molecule has 3 atom stereocenters. The summed E-state index contributed by atoms with van der Waals surface area (Å²) in [5, 5.41) is 3.50. The average Bonchev–Trinajstić information content (AvgIpc) is 2.29. The molecule has 1 aliphatic heterocycles. The van der Waals surface area contributed by atoms with Crippen LogP contribution in [0.15, 0.2) is 0 Å². The van der Waals surface area contributed by atoms with E-state index in [0.717, 1.165) is 19.1 Å². The molecule has 1 aliphatic carbocycles. The summed E-state index contributed by atoms with van der Waals surface area (Å²) in [5.41, 5.74) is 0.319. The molecule has 2 rings (SSSR count). The Balaban J connectivity index is 2.02. The van der Waals surface area contributed by atoms with Crippen molar-refractivity contribution < 1.29 is 4.74 Å². The first-order chi connectivity index (χ1) is 7.61. The third-order valence-electron chi connectivity index (χ3n) is 4.68. The first-order valence-corrected chi connectivity index (χ1v) is 6.60. The topological polar surface area (TPSA) is 24.5 Å². The molecule has 0 aromatic carbocycles. The van der Waals surface area contributed by atoms with Crippen LogP contribution in [0.2, 0.25) is 0 Å². The molecule has 0 amide bonds. The molecule has 0 aromatic rings. The first kappa shape index (κ1) is 12.3. The van der Waals surface area contributed by atoms with E-state index in [4.69, 9.17) is 4.74 Å². The molecule has 0 aromatic heterocycles. The summed E-state index contributed by atoms with van der Waals surface area (Å²) >= 11 is 0. The molecule has 0 spiro atoms. The second-order valence-corrected chi connectivity index (χ2v) is 5.80. The minimum atomic E-state index is 0.319. The highest BCUT2D eigenvalue weighted by Gasteiger charge is 2.52. The van der Waals surface area contributed by atoms with Gasteiger partial charge in [-0.2, -0.15) is 0 Å². The summed E-state index contributed by atoms with van der Waals surface area (Å²) in [4.78, 5) is 2.71. The number of hydrogen-bond donors (Lipinski definition) is 1. The lowest BCUT2D eigenvalue weighted by molar-refractivity contribution is -0.149. The molecular formula is C13H26N2O. The van der Waals surface area contributed by atoms with Gasteiger partial charge >= 0.3 is 0 Å². The number of methoxy groups -OCH3 is 1. The molecule has 0 bridgehead atoms. The molecule has 16 heavy (non-hydrogen) atoms. The van der Waals surface area contributed by atoms with Gasteiger partial charge in [0.05, 0.1) is 6.10 Å². The van der Waals surface area contributed by atoms with Gasteiger partial charge in [0, 0.05) is 44.2 Å². The number of hydrogen-bond acceptors (Lipinski definition) is 3. The van der Waals surface area contributed by atoms with E-state index in [1.165, 1.54) is 19.4 Å². The van der Waals surface area contributed by atoms with Gasteiger partial charge in [-0.25, -0.2) is 0 Å². The van der Waals surface area contributed by atoms with Gasteiger partial charge in [0.15, 0.2) is 0 Å². The van der Waals surface area contributed by atoms with Gasteiger partial charge in [0.1, 0.15) is 0 Å². The van der Waals surface area contributed by atoms with E-state index in [2.05, 4.69) is 31.0 Å². The Labute approximate surface area is 99.5 Å². The van der Waals surface area contributed by atoms with Crippen LogP contribution < -0.4 is 5.32 Å². The molecule has 1 heterocycles. The van der Waals surface area contributed by atoms with E-state index in [9.17, 15) is 0 Å². The van der Waals surface area contributed by atoms with Crippen LogP contribution in [0, 0.1) is 5.41 Å². The highest BCUT2D eigenvalue weighted by atomic mass is 16.5. The van der Waals surface area contributed by atoms with Crippen LogP contribution in [0.5, 0.6) is 0 Å². The van der Waals surface area contributed by atoms with Crippen molar-refractivity contribution in [2.45, 2.75) is 51.8 Å². The van der Waals surface area contributed by atoms with Gasteiger partial charge in [-0.15, -0.1) is 0 Å². The molecule has 3 heteroatoms. The molecule has 1 saturated heterocycles. The van der Waals surface area contributed by atoms with Gasteiger partial charge < -0.3 is 10.1 Å². The van der Waals surface area contributed by atoms with Gasteiger partial charge in [-0.3, -0.25) is 4.90 Å². The van der Waals surface area contributed by atoms with Crippen LogP contribution in [0.3, 0.4) is 0 Å². The van der Waals surface area contributed by atoms with Crippen molar-refractivity contribution in [2.24, 2.45) is 5.41 Å². The second-order valence-electron chi connectivity index (χ2n) is 5.80. The fourth-order valence-electron chi connectivity index (χ4n) is 3.39. The van der Waals surface area contributed by atoms with Crippen molar-refractivity contribution in [3.05, 3.63) is 0 Å². The summed E-state index contributed by atoms with van der Waals surface area (Å²) in [6.07, 6.45) is 2.90. The number of piperazine rings is 1. The fraction of sp³-hybridized carbons (Fsp3) is 1.00. The number of ether oxygens (including phenoxy) is 1. The van der Waals surface area contributed by atoms with E-state index >= 15 is 0 Å². The van der Waals surface area contributed by atoms with Crippen LogP contribution in [0.4, 0.5) is 0 Å². The van der Waals surface area contributed by atoms with Gasteiger partial charge in [-0.1, -0.05) is 20.8 Å². The lowest BCUT2D eigenvalue weighted by Crippen LogP contribution is -2.67. The SMILES string of the molecule is CCC1CNCCN1C1CC(OC)C1(C)C. The van der Waals surface area contributed by atoms with Crippen molar-refractivity contribution in [1.29, 1.82) is 0 Å². The van der Waals surface area contributed by atoms with Crippen LogP contribution in [-0.4, -0.2) is 49.8 Å². The van der Waals surface area contributed by atoms with E-state index < -0.39 is 0 Å². The van der Waals surface area contributed by atoms with E-state index in [1.807, 2.05) is 7.11 Å². The van der Waals surface area contributed by atoms with Crippen molar-refractivity contribution in [3.63, 3.8) is 0 Å². The minimum absolute atomic E-state index is 0.319. The minimum Gasteiger partial charge on any atom is -0.381 e. The standard InChI is InChI=1S/C13H26N2O/c1-5-10-9-14-6-7-15(10)11-8-12(16-4)13(11,2)3/h10-12,14H,5-9H2,1-4H3. The maximum absolute atomic E-state index is 5.55. The zero-order valence-electron chi connectivity index (χ0n) is 11.1. The number of nitrogens with zero attached hydrogens (tertiary/aromatic N) is 1. The van der Waals surface area contributed by atoms with Crippen LogP contribution in [-0.2, 0) is 4.74 Å². The lowest BCUT2D eigenvalue weighted by atomic mass is 9.63. The van der Waals surface area contributed by atoms with Gasteiger partial charge in [0.2, 0.25) is 0 Å². The second kappa shape index (κ2) is 4.63. The third-order valence-corrected chi connectivity index (χ3v) is 4.68. The number of nitrogens with one attached hydrogen (secondary N) is 1. The maximum atomic E-state index is 5.55. The smallest absolute Gasteiger partial charge is 0.0652 e. The Morgan fingerprint density at radius 1 is 1.44 bits per heavy atom. The van der Waals surface area contributed by atoms with Crippen molar-refractivity contribution in [3.8, 4) is 0 Å². The molecule has 1 saturated carbocycles. The maximum Gasteiger partial charge on any atom is 0.0652 e. The Morgan fingerprint density at radius 2 is 2.19 bits per heavy atom. The van der Waals surface area contributed by atoms with Crippen LogP contribution in [0.25, 0.3) is 0 Å². The number of rotatable bonds is 3. The van der Waals surface area contributed by atoms with Gasteiger partial charge in [-0.05, 0) is 12.8 Å². The van der Waals surface area contributed by atoms with Gasteiger partial charge in [0.25, 0.3) is 0 Å². The van der Waals surface area contributed by atoms with Crippen LogP contribution >= 0.6 is 0 Å². The molecule has 3 unspecified atom stereocenters. The zero-order valence-corrected chi connectivity index (χ0v) is 11.1. The molecular weight excluding hydrogens is 200 g/mol. The van der Waals surface area contributed by atoms with E-state index in [0.29, 0.717) is 17.6 Å². The molecule has 94 valence electrons. The summed E-state index contributed by atoms with van der Waals surface area (Å²) in [6.45, 7) is 10.5. The molecule has 2 aliphatic rings. The molecule has 1 N–H and O–H groups in total. The Kier molecular flexibility index (Phi) is 3.57. The quantitative estimate of drug-likeness (QED) is 0.789. The van der Waals surface area contributed by atoms with E-state index in [-0.39, 0.29) is 0 Å². The third kappa shape index (κ3) is 1.89. The Bertz CT molecular complexity index is 242. The predicted molar refractivity (Wildman–Crippen MR) is 66.6 cm³/mol. The fourth-order valence-corrected chi connectivity index (χ4v) is 3.39.